The summed E-state index contributed by atoms with van der Waals surface area (Å²) in [5.41, 5.74) is 1.86. The van der Waals surface area contributed by atoms with E-state index in [9.17, 15) is 20.2 Å². The predicted octanol–water partition coefficient (Wildman–Crippen LogP) is 5.46. The number of hydrogen-bond acceptors (Lipinski definition) is 9. The number of hydrogen-bond donors (Lipinski definition) is 0. The normalized spacial score (nSPS) is 10.3. The van der Waals surface area contributed by atoms with Crippen molar-refractivity contribution in [3.8, 4) is 12.1 Å². The number of ether oxygens (including phenoxy) is 1. The third-order valence-electron chi connectivity index (χ3n) is 4.90. The van der Waals surface area contributed by atoms with Gasteiger partial charge in [-0.05, 0) is 42.5 Å². The fraction of sp³-hybridized carbons (Fsp3) is 0.160. The van der Waals surface area contributed by atoms with Gasteiger partial charge in [-0.2, -0.15) is 15.6 Å². The van der Waals surface area contributed by atoms with E-state index in [4.69, 9.17) is 10.00 Å². The Labute approximate surface area is 201 Å². The summed E-state index contributed by atoms with van der Waals surface area (Å²) in [5.74, 6) is -0.412. The highest BCUT2D eigenvalue weighted by Gasteiger charge is 2.12. The van der Waals surface area contributed by atoms with E-state index in [-0.39, 0.29) is 23.5 Å². The van der Waals surface area contributed by atoms with Crippen molar-refractivity contribution in [2.24, 2.45) is 10.2 Å². The molecule has 10 heteroatoms. The van der Waals surface area contributed by atoms with Gasteiger partial charge in [0.15, 0.2) is 0 Å². The molecule has 3 rings (SSSR count). The summed E-state index contributed by atoms with van der Waals surface area (Å²) in [6.07, 6.45) is 0.297. The standard InChI is InChI=1S/C25H20N6O4/c26-13-4-14-30(15-16-35-25(32)19-5-2-1-3-6-19)22-9-7-21(8-10-22)28-29-24-12-11-23(31(33)34)17-20(24)18-27/h1-3,5-12,17H,4,14-16H2. The van der Waals surface area contributed by atoms with Crippen LogP contribution in [0.5, 0.6) is 0 Å². The molecule has 3 aromatic carbocycles. The van der Waals surface area contributed by atoms with Gasteiger partial charge in [-0.15, -0.1) is 5.11 Å². The molecule has 0 heterocycles. The number of nitro benzene ring substituents is 1. The first-order chi connectivity index (χ1) is 17.0. The minimum atomic E-state index is -0.582. The van der Waals surface area contributed by atoms with Gasteiger partial charge in [0, 0.05) is 24.4 Å². The summed E-state index contributed by atoms with van der Waals surface area (Å²) in [4.78, 5) is 24.4. The van der Waals surface area contributed by atoms with E-state index in [2.05, 4.69) is 16.3 Å². The molecular weight excluding hydrogens is 448 g/mol. The van der Waals surface area contributed by atoms with Gasteiger partial charge in [-0.1, -0.05) is 18.2 Å². The van der Waals surface area contributed by atoms with Crippen molar-refractivity contribution < 1.29 is 14.5 Å². The summed E-state index contributed by atoms with van der Waals surface area (Å²) < 4.78 is 5.35. The number of anilines is 1. The van der Waals surface area contributed by atoms with Crippen LogP contribution in [0.4, 0.5) is 22.7 Å². The highest BCUT2D eigenvalue weighted by atomic mass is 16.6. The second-order valence-corrected chi connectivity index (χ2v) is 7.18. The first-order valence-electron chi connectivity index (χ1n) is 10.6. The molecular formula is C25H20N6O4. The van der Waals surface area contributed by atoms with Gasteiger partial charge in [0.25, 0.3) is 5.69 Å². The van der Waals surface area contributed by atoms with Gasteiger partial charge in [0.1, 0.15) is 18.4 Å². The summed E-state index contributed by atoms with van der Waals surface area (Å²) in [6.45, 7) is 1.00. The Balaban J connectivity index is 1.66. The number of esters is 1. The lowest BCUT2D eigenvalue weighted by molar-refractivity contribution is -0.384. The molecule has 35 heavy (non-hydrogen) atoms. The maximum atomic E-state index is 12.1. The Morgan fingerprint density at radius 2 is 1.74 bits per heavy atom. The maximum absolute atomic E-state index is 12.1. The van der Waals surface area contributed by atoms with Crippen LogP contribution >= 0.6 is 0 Å². The van der Waals surface area contributed by atoms with Crippen LogP contribution in [-0.2, 0) is 4.74 Å². The van der Waals surface area contributed by atoms with E-state index in [1.807, 2.05) is 17.0 Å². The van der Waals surface area contributed by atoms with Crippen molar-refractivity contribution in [3.63, 3.8) is 0 Å². The average Bonchev–Trinajstić information content (AvgIpc) is 2.90. The molecule has 0 bridgehead atoms. The molecule has 174 valence electrons. The lowest BCUT2D eigenvalue weighted by atomic mass is 10.2. The highest BCUT2D eigenvalue weighted by Crippen LogP contribution is 2.27. The van der Waals surface area contributed by atoms with Crippen LogP contribution in [0.25, 0.3) is 0 Å². The lowest BCUT2D eigenvalue weighted by Gasteiger charge is -2.23. The number of non-ortho nitro benzene ring substituents is 1. The van der Waals surface area contributed by atoms with Crippen LogP contribution < -0.4 is 4.90 Å². The molecule has 0 fully saturated rings. The quantitative estimate of drug-likeness (QED) is 0.166. The molecule has 0 radical (unpaired) electrons. The second-order valence-electron chi connectivity index (χ2n) is 7.18. The van der Waals surface area contributed by atoms with Crippen molar-refractivity contribution in [3.05, 3.63) is 94.0 Å². The molecule has 0 spiro atoms. The SMILES string of the molecule is N#CCCN(CCOC(=O)c1ccccc1)c1ccc(N=Nc2ccc([N+](=O)[O-])cc2C#N)cc1. The van der Waals surface area contributed by atoms with Crippen LogP contribution in [0, 0.1) is 32.8 Å². The third kappa shape index (κ3) is 6.94. The van der Waals surface area contributed by atoms with Crippen LogP contribution in [0.3, 0.4) is 0 Å². The van der Waals surface area contributed by atoms with Gasteiger partial charge < -0.3 is 9.64 Å². The first kappa shape index (κ1) is 24.6. The topological polar surface area (TPSA) is 145 Å². The fourth-order valence-electron chi connectivity index (χ4n) is 3.12. The molecule has 0 amide bonds. The minimum absolute atomic E-state index is 0.0484. The van der Waals surface area contributed by atoms with E-state index < -0.39 is 10.9 Å². The molecule has 0 aliphatic carbocycles. The number of nitriles is 2. The van der Waals surface area contributed by atoms with Gasteiger partial charge >= 0.3 is 5.97 Å². The Bertz CT molecular complexity index is 1290. The number of nitrogens with zero attached hydrogens (tertiary/aromatic N) is 6. The predicted molar refractivity (Wildman–Crippen MR) is 128 cm³/mol. The highest BCUT2D eigenvalue weighted by molar-refractivity contribution is 5.89. The molecule has 0 N–H and O–H groups in total. The second kappa shape index (κ2) is 12.2. The Morgan fingerprint density at radius 3 is 2.40 bits per heavy atom. The van der Waals surface area contributed by atoms with Gasteiger partial charge in [-0.25, -0.2) is 4.79 Å². The zero-order valence-corrected chi connectivity index (χ0v) is 18.6. The summed E-state index contributed by atoms with van der Waals surface area (Å²) in [6, 6.07) is 23.5. The lowest BCUT2D eigenvalue weighted by Crippen LogP contribution is -2.29. The Kier molecular flexibility index (Phi) is 8.58. The maximum Gasteiger partial charge on any atom is 0.338 e. The number of benzene rings is 3. The molecule has 0 aromatic heterocycles. The molecule has 0 aliphatic heterocycles. The van der Waals surface area contributed by atoms with E-state index in [0.29, 0.717) is 30.8 Å². The first-order valence-corrected chi connectivity index (χ1v) is 10.6. The van der Waals surface area contributed by atoms with Crippen molar-refractivity contribution in [2.45, 2.75) is 6.42 Å². The van der Waals surface area contributed by atoms with Gasteiger partial charge in [-0.3, -0.25) is 10.1 Å². The van der Waals surface area contributed by atoms with Crippen LogP contribution in [0.15, 0.2) is 83.0 Å². The summed E-state index contributed by atoms with van der Waals surface area (Å²) in [7, 11) is 0. The molecule has 0 aliphatic rings. The third-order valence-corrected chi connectivity index (χ3v) is 4.90. The number of azo groups is 1. The largest absolute Gasteiger partial charge is 0.460 e. The van der Waals surface area contributed by atoms with Crippen molar-refractivity contribution in [1.82, 2.24) is 0 Å². The van der Waals surface area contributed by atoms with Crippen molar-refractivity contribution in [2.75, 3.05) is 24.6 Å². The number of rotatable bonds is 10. The number of nitro groups is 1. The molecule has 0 saturated heterocycles. The van der Waals surface area contributed by atoms with Gasteiger partial charge in [0.05, 0.1) is 40.8 Å². The van der Waals surface area contributed by atoms with Crippen molar-refractivity contribution in [1.29, 1.82) is 10.5 Å². The Hall–Kier alpha value is -5.09. The van der Waals surface area contributed by atoms with Crippen LogP contribution in [0.1, 0.15) is 22.3 Å². The van der Waals surface area contributed by atoms with E-state index in [1.165, 1.54) is 12.1 Å². The summed E-state index contributed by atoms with van der Waals surface area (Å²) >= 11 is 0. The zero-order chi connectivity index (χ0) is 25.0. The van der Waals surface area contributed by atoms with Crippen molar-refractivity contribution >= 4 is 28.7 Å². The van der Waals surface area contributed by atoms with E-state index in [1.54, 1.807) is 48.5 Å². The minimum Gasteiger partial charge on any atom is -0.460 e. The van der Waals surface area contributed by atoms with Gasteiger partial charge in [0.2, 0.25) is 0 Å². The number of carbonyl (C=O) groups is 1. The van der Waals surface area contributed by atoms with Crippen LogP contribution in [0.2, 0.25) is 0 Å². The Morgan fingerprint density at radius 1 is 1.00 bits per heavy atom. The number of carbonyl (C=O) groups excluding carboxylic acids is 1. The molecule has 10 nitrogen and oxygen atoms in total. The molecule has 3 aromatic rings. The van der Waals surface area contributed by atoms with E-state index >= 15 is 0 Å². The van der Waals surface area contributed by atoms with E-state index in [0.717, 1.165) is 11.8 Å². The smallest absolute Gasteiger partial charge is 0.338 e. The fourth-order valence-corrected chi connectivity index (χ4v) is 3.12. The monoisotopic (exact) mass is 468 g/mol. The summed E-state index contributed by atoms with van der Waals surface area (Å²) in [5, 5.41) is 37.2. The molecule has 0 saturated carbocycles. The molecule has 0 unspecified atom stereocenters. The molecule has 0 atom stereocenters. The zero-order valence-electron chi connectivity index (χ0n) is 18.6. The van der Waals surface area contributed by atoms with Crippen LogP contribution in [-0.4, -0.2) is 30.6 Å². The average molecular weight is 468 g/mol.